The van der Waals surface area contributed by atoms with Crippen molar-refractivity contribution in [1.29, 1.82) is 0 Å². The molecule has 3 rings (SSSR count). The molecule has 2 aliphatic heterocycles. The summed E-state index contributed by atoms with van der Waals surface area (Å²) in [4.78, 5) is 42.1. The van der Waals surface area contributed by atoms with Gasteiger partial charge < -0.3 is 14.1 Å². The zero-order valence-corrected chi connectivity index (χ0v) is 23.1. The summed E-state index contributed by atoms with van der Waals surface area (Å²) >= 11 is 0. The molecule has 0 aliphatic carbocycles. The zero-order chi connectivity index (χ0) is 25.6. The number of carbonyl (C=O) groups is 3. The molecular weight excluding hydrogens is 448 g/mol. The molecule has 2 heterocycles. The molecule has 3 amide bonds. The first-order valence-electron chi connectivity index (χ1n) is 12.2. The molecule has 34 heavy (non-hydrogen) atoms. The van der Waals surface area contributed by atoms with E-state index in [0.29, 0.717) is 30.5 Å². The third kappa shape index (κ3) is 5.38. The predicted octanol–water partition coefficient (Wildman–Crippen LogP) is 5.46. The van der Waals surface area contributed by atoms with E-state index in [-0.39, 0.29) is 41.1 Å². The Morgan fingerprint density at radius 2 is 1.59 bits per heavy atom. The second-order valence-electron chi connectivity index (χ2n) is 12.1. The molecule has 1 fully saturated rings. The number of likely N-dealkylation sites (tertiary alicyclic amines) is 1. The molecule has 1 aromatic rings. The Morgan fingerprint density at radius 3 is 2.06 bits per heavy atom. The summed E-state index contributed by atoms with van der Waals surface area (Å²) in [5, 5.41) is 0.0509. The van der Waals surface area contributed by atoms with Gasteiger partial charge in [0, 0.05) is 18.6 Å². The van der Waals surface area contributed by atoms with E-state index in [1.807, 2.05) is 27.7 Å². The first-order valence-corrected chi connectivity index (χ1v) is 15.1. The van der Waals surface area contributed by atoms with Gasteiger partial charge in [-0.1, -0.05) is 32.9 Å². The fourth-order valence-electron chi connectivity index (χ4n) is 4.43. The molecular formula is C26H40N2O5Si. The number of hydrogen-bond donors (Lipinski definition) is 0. The molecule has 0 N–H and O–H groups in total. The molecule has 1 aromatic carbocycles. The standard InChI is InChI=1S/C26H40N2O5Si/c1-17(28-22(29)20-12-10-11-13-21(20)23(28)30)14-18-15-19(33-34(8,9)26(5,6)7)16-27(18)24(31)32-25(2,3)4/h10-13,17-19H,14-16H2,1-9H3. The van der Waals surface area contributed by atoms with Crippen LogP contribution >= 0.6 is 0 Å². The smallest absolute Gasteiger partial charge is 0.410 e. The van der Waals surface area contributed by atoms with E-state index < -0.39 is 13.9 Å². The molecule has 0 saturated carbocycles. The number of amides is 3. The van der Waals surface area contributed by atoms with Crippen LogP contribution < -0.4 is 0 Å². The second-order valence-corrected chi connectivity index (χ2v) is 16.9. The second kappa shape index (κ2) is 9.11. The minimum atomic E-state index is -2.04. The van der Waals surface area contributed by atoms with E-state index in [1.54, 1.807) is 29.2 Å². The summed E-state index contributed by atoms with van der Waals surface area (Å²) in [6, 6.07) is 6.35. The van der Waals surface area contributed by atoms with Gasteiger partial charge in [0.1, 0.15) is 5.60 Å². The van der Waals surface area contributed by atoms with Crippen molar-refractivity contribution >= 4 is 26.2 Å². The summed E-state index contributed by atoms with van der Waals surface area (Å²) in [5.41, 5.74) is 0.261. The lowest BCUT2D eigenvalue weighted by Gasteiger charge is -2.38. The van der Waals surface area contributed by atoms with Gasteiger partial charge in [-0.2, -0.15) is 0 Å². The van der Waals surface area contributed by atoms with Crippen LogP contribution in [0.5, 0.6) is 0 Å². The monoisotopic (exact) mass is 488 g/mol. The average molecular weight is 489 g/mol. The van der Waals surface area contributed by atoms with Gasteiger partial charge in [0.05, 0.1) is 17.2 Å². The van der Waals surface area contributed by atoms with Gasteiger partial charge >= 0.3 is 6.09 Å². The van der Waals surface area contributed by atoms with Crippen LogP contribution in [0.1, 0.15) is 82.0 Å². The van der Waals surface area contributed by atoms with Crippen molar-refractivity contribution in [1.82, 2.24) is 9.80 Å². The van der Waals surface area contributed by atoms with E-state index in [0.717, 1.165) is 0 Å². The summed E-state index contributed by atoms with van der Waals surface area (Å²) in [6.45, 7) is 18.9. The largest absolute Gasteiger partial charge is 0.444 e. The summed E-state index contributed by atoms with van der Waals surface area (Å²) in [5.74, 6) is -0.548. The fraction of sp³-hybridized carbons (Fsp3) is 0.654. The van der Waals surface area contributed by atoms with E-state index in [9.17, 15) is 14.4 Å². The molecule has 2 aliphatic rings. The molecule has 188 valence electrons. The normalized spacial score (nSPS) is 22.3. The lowest BCUT2D eigenvalue weighted by atomic mass is 10.0. The number of nitrogens with zero attached hydrogens (tertiary/aromatic N) is 2. The lowest BCUT2D eigenvalue weighted by molar-refractivity contribution is 0.0189. The van der Waals surface area contributed by atoms with E-state index in [2.05, 4.69) is 33.9 Å². The Bertz CT molecular complexity index is 928. The predicted molar refractivity (Wildman–Crippen MR) is 134 cm³/mol. The fourth-order valence-corrected chi connectivity index (χ4v) is 5.79. The maximum absolute atomic E-state index is 13.1. The van der Waals surface area contributed by atoms with Crippen molar-refractivity contribution in [2.24, 2.45) is 0 Å². The molecule has 0 radical (unpaired) electrons. The molecule has 8 heteroatoms. The van der Waals surface area contributed by atoms with Crippen LogP contribution in [0.4, 0.5) is 4.79 Å². The van der Waals surface area contributed by atoms with Crippen LogP contribution in [0.15, 0.2) is 24.3 Å². The highest BCUT2D eigenvalue weighted by Crippen LogP contribution is 2.40. The molecule has 0 bridgehead atoms. The van der Waals surface area contributed by atoms with Crippen molar-refractivity contribution in [3.63, 3.8) is 0 Å². The Hall–Kier alpha value is -2.19. The van der Waals surface area contributed by atoms with Crippen molar-refractivity contribution in [2.45, 2.75) is 103 Å². The number of imide groups is 1. The molecule has 0 aromatic heterocycles. The molecule has 0 spiro atoms. The third-order valence-corrected chi connectivity index (χ3v) is 11.7. The maximum Gasteiger partial charge on any atom is 0.410 e. The quantitative estimate of drug-likeness (QED) is 0.406. The van der Waals surface area contributed by atoms with Crippen molar-refractivity contribution in [2.75, 3.05) is 6.54 Å². The summed E-state index contributed by atoms with van der Waals surface area (Å²) in [7, 11) is -2.04. The van der Waals surface area contributed by atoms with Crippen LogP contribution in [0.25, 0.3) is 0 Å². The Labute approximate surface area is 204 Å². The van der Waals surface area contributed by atoms with Gasteiger partial charge in [0.2, 0.25) is 0 Å². The number of fused-ring (bicyclic) bond motifs is 1. The van der Waals surface area contributed by atoms with Crippen LogP contribution in [-0.2, 0) is 9.16 Å². The summed E-state index contributed by atoms with van der Waals surface area (Å²) < 4.78 is 12.3. The zero-order valence-electron chi connectivity index (χ0n) is 22.1. The lowest BCUT2D eigenvalue weighted by Crippen LogP contribution is -2.46. The van der Waals surface area contributed by atoms with Crippen molar-refractivity contribution < 1.29 is 23.5 Å². The van der Waals surface area contributed by atoms with Gasteiger partial charge in [0.15, 0.2) is 8.32 Å². The topological polar surface area (TPSA) is 76.2 Å². The van der Waals surface area contributed by atoms with E-state index in [4.69, 9.17) is 9.16 Å². The van der Waals surface area contributed by atoms with Gasteiger partial charge in [-0.05, 0) is 70.8 Å². The maximum atomic E-state index is 13.1. The highest BCUT2D eigenvalue weighted by atomic mass is 28.4. The summed E-state index contributed by atoms with van der Waals surface area (Å²) in [6.07, 6.45) is 0.641. The van der Waals surface area contributed by atoms with Crippen molar-refractivity contribution in [3.05, 3.63) is 35.4 Å². The minimum Gasteiger partial charge on any atom is -0.444 e. The van der Waals surface area contributed by atoms with Gasteiger partial charge in [-0.15, -0.1) is 0 Å². The molecule has 3 unspecified atom stereocenters. The minimum absolute atomic E-state index is 0.0509. The number of carbonyl (C=O) groups excluding carboxylic acids is 3. The Morgan fingerprint density at radius 1 is 1.06 bits per heavy atom. The highest BCUT2D eigenvalue weighted by molar-refractivity contribution is 6.74. The third-order valence-electron chi connectivity index (χ3n) is 7.15. The Balaban J connectivity index is 1.80. The van der Waals surface area contributed by atoms with Crippen molar-refractivity contribution in [3.8, 4) is 0 Å². The van der Waals surface area contributed by atoms with Gasteiger partial charge in [-0.3, -0.25) is 14.5 Å². The first kappa shape index (κ1) is 26.4. The number of benzene rings is 1. The molecule has 3 atom stereocenters. The highest BCUT2D eigenvalue weighted by Gasteiger charge is 2.46. The van der Waals surface area contributed by atoms with Gasteiger partial charge in [0.25, 0.3) is 11.8 Å². The number of ether oxygens (including phenoxy) is 1. The van der Waals surface area contributed by atoms with Crippen LogP contribution in [0, 0.1) is 0 Å². The number of rotatable bonds is 5. The van der Waals surface area contributed by atoms with E-state index in [1.165, 1.54) is 4.90 Å². The average Bonchev–Trinajstić information content (AvgIpc) is 3.18. The van der Waals surface area contributed by atoms with Gasteiger partial charge in [-0.25, -0.2) is 4.79 Å². The molecule has 1 saturated heterocycles. The van der Waals surface area contributed by atoms with E-state index >= 15 is 0 Å². The van der Waals surface area contributed by atoms with Crippen LogP contribution in [0.3, 0.4) is 0 Å². The first-order chi connectivity index (χ1) is 15.5. The molecule has 7 nitrogen and oxygen atoms in total. The van der Waals surface area contributed by atoms with Crippen LogP contribution in [-0.4, -0.2) is 66.4 Å². The van der Waals surface area contributed by atoms with Crippen LogP contribution in [0.2, 0.25) is 18.1 Å². The number of hydrogen-bond acceptors (Lipinski definition) is 5. The Kier molecular flexibility index (Phi) is 7.08. The SMILES string of the molecule is CC(CC1CC(O[Si](C)(C)C(C)(C)C)CN1C(=O)OC(C)(C)C)N1C(=O)c2ccccc2C1=O.